The lowest BCUT2D eigenvalue weighted by Crippen LogP contribution is -2.45. The van der Waals surface area contributed by atoms with Gasteiger partial charge in [0.1, 0.15) is 17.0 Å². The summed E-state index contributed by atoms with van der Waals surface area (Å²) in [4.78, 5) is 11.6. The second-order valence-corrected chi connectivity index (χ2v) is 7.96. The SMILES string of the molecule is CCCCCc1cc(N=O)c2c(c1)OC(C)(C)[C@@H]1CCC(C)=C[C@@H]21. The molecule has 3 nitrogen and oxygen atoms in total. The molecule has 0 unspecified atom stereocenters. The maximum Gasteiger partial charge on any atom is 0.126 e. The number of hydrogen-bond acceptors (Lipinski definition) is 3. The summed E-state index contributed by atoms with van der Waals surface area (Å²) in [5.74, 6) is 1.52. The van der Waals surface area contributed by atoms with Crippen molar-refractivity contribution in [1.29, 1.82) is 0 Å². The number of aryl methyl sites for hydroxylation is 1. The number of nitrogens with zero attached hydrogens (tertiary/aromatic N) is 1. The lowest BCUT2D eigenvalue weighted by atomic mass is 9.68. The van der Waals surface area contributed by atoms with E-state index < -0.39 is 0 Å². The summed E-state index contributed by atoms with van der Waals surface area (Å²) in [5.41, 5.74) is 3.95. The monoisotopic (exact) mass is 327 g/mol. The Labute approximate surface area is 145 Å². The zero-order chi connectivity index (χ0) is 17.3. The highest BCUT2D eigenvalue weighted by atomic mass is 16.5. The summed E-state index contributed by atoms with van der Waals surface area (Å²) in [7, 11) is 0. The molecular formula is C21H29NO2. The minimum absolute atomic E-state index is 0.211. The van der Waals surface area contributed by atoms with E-state index in [4.69, 9.17) is 4.74 Å². The van der Waals surface area contributed by atoms with Gasteiger partial charge in [0, 0.05) is 17.4 Å². The van der Waals surface area contributed by atoms with Crippen molar-refractivity contribution < 1.29 is 4.74 Å². The number of rotatable bonds is 5. The molecule has 130 valence electrons. The number of ether oxygens (including phenoxy) is 1. The van der Waals surface area contributed by atoms with Gasteiger partial charge in [-0.1, -0.05) is 31.4 Å². The lowest BCUT2D eigenvalue weighted by Gasteiger charge is -2.46. The van der Waals surface area contributed by atoms with E-state index in [0.717, 1.165) is 37.0 Å². The van der Waals surface area contributed by atoms with E-state index in [-0.39, 0.29) is 11.5 Å². The van der Waals surface area contributed by atoms with Gasteiger partial charge in [0.05, 0.1) is 0 Å². The van der Waals surface area contributed by atoms with Gasteiger partial charge in [-0.25, -0.2) is 0 Å². The van der Waals surface area contributed by atoms with Crippen LogP contribution in [-0.2, 0) is 6.42 Å². The molecule has 2 aliphatic rings. The van der Waals surface area contributed by atoms with Gasteiger partial charge in [-0.3, -0.25) is 0 Å². The Hall–Kier alpha value is -1.64. The summed E-state index contributed by atoms with van der Waals surface area (Å²) in [6, 6.07) is 4.13. The van der Waals surface area contributed by atoms with Gasteiger partial charge < -0.3 is 4.74 Å². The Morgan fingerprint density at radius 1 is 1.29 bits per heavy atom. The van der Waals surface area contributed by atoms with Gasteiger partial charge >= 0.3 is 0 Å². The summed E-state index contributed by atoms with van der Waals surface area (Å²) < 4.78 is 6.39. The fourth-order valence-electron chi connectivity index (χ4n) is 4.38. The van der Waals surface area contributed by atoms with Crippen molar-refractivity contribution in [1.82, 2.24) is 0 Å². The largest absolute Gasteiger partial charge is 0.487 e. The molecule has 0 spiro atoms. The summed E-state index contributed by atoms with van der Waals surface area (Å²) in [5, 5.41) is 3.38. The van der Waals surface area contributed by atoms with E-state index in [1.54, 1.807) is 0 Å². The Kier molecular flexibility index (Phi) is 4.80. The third-order valence-electron chi connectivity index (χ3n) is 5.69. The van der Waals surface area contributed by atoms with Crippen LogP contribution in [0.1, 0.15) is 76.8 Å². The number of fused-ring (bicyclic) bond motifs is 3. The van der Waals surface area contributed by atoms with E-state index >= 15 is 0 Å². The van der Waals surface area contributed by atoms with Crippen molar-refractivity contribution in [2.24, 2.45) is 11.1 Å². The molecule has 24 heavy (non-hydrogen) atoms. The number of hydrogen-bond donors (Lipinski definition) is 0. The number of nitroso groups, excluding NO2 is 1. The first kappa shape index (κ1) is 17.2. The minimum atomic E-state index is -0.211. The van der Waals surface area contributed by atoms with E-state index in [9.17, 15) is 4.91 Å². The quantitative estimate of drug-likeness (QED) is 0.355. The Balaban J connectivity index is 2.05. The summed E-state index contributed by atoms with van der Waals surface area (Å²) in [6.45, 7) is 8.75. The number of benzene rings is 1. The molecule has 0 N–H and O–H groups in total. The Morgan fingerprint density at radius 3 is 2.79 bits per heavy atom. The fraction of sp³-hybridized carbons (Fsp3) is 0.619. The predicted molar refractivity (Wildman–Crippen MR) is 99.1 cm³/mol. The van der Waals surface area contributed by atoms with Crippen molar-refractivity contribution in [3.05, 3.63) is 39.8 Å². The minimum Gasteiger partial charge on any atom is -0.487 e. The van der Waals surface area contributed by atoms with E-state index in [2.05, 4.69) is 45.0 Å². The van der Waals surface area contributed by atoms with Crippen LogP contribution in [0.15, 0.2) is 29.0 Å². The molecular weight excluding hydrogens is 298 g/mol. The Bertz CT molecular complexity index is 660. The van der Waals surface area contributed by atoms with Crippen LogP contribution in [0.4, 0.5) is 5.69 Å². The predicted octanol–water partition coefficient (Wildman–Crippen LogP) is 6.43. The van der Waals surface area contributed by atoms with Crippen LogP contribution in [0, 0.1) is 10.8 Å². The second-order valence-electron chi connectivity index (χ2n) is 7.96. The van der Waals surface area contributed by atoms with Crippen molar-refractivity contribution >= 4 is 5.69 Å². The summed E-state index contributed by atoms with van der Waals surface area (Å²) in [6.07, 6.45) is 9.08. The fourth-order valence-corrected chi connectivity index (χ4v) is 4.38. The maximum absolute atomic E-state index is 11.6. The second kappa shape index (κ2) is 6.70. The first-order valence-electron chi connectivity index (χ1n) is 9.32. The van der Waals surface area contributed by atoms with Gasteiger partial charge in [0.15, 0.2) is 0 Å². The molecule has 1 aromatic rings. The normalized spacial score (nSPS) is 24.4. The average molecular weight is 327 g/mol. The molecule has 0 bridgehead atoms. The molecule has 3 rings (SSSR count). The molecule has 0 saturated heterocycles. The lowest BCUT2D eigenvalue weighted by molar-refractivity contribution is 0.0118. The van der Waals surface area contributed by atoms with Crippen LogP contribution in [-0.4, -0.2) is 5.60 Å². The van der Waals surface area contributed by atoms with Crippen molar-refractivity contribution in [3.8, 4) is 5.75 Å². The number of allylic oxidation sites excluding steroid dienone is 2. The van der Waals surface area contributed by atoms with Gasteiger partial charge in [-0.05, 0) is 69.3 Å². The first-order valence-corrected chi connectivity index (χ1v) is 9.32. The van der Waals surface area contributed by atoms with Crippen LogP contribution in [0.2, 0.25) is 0 Å². The zero-order valence-corrected chi connectivity index (χ0v) is 15.4. The molecule has 2 atom stereocenters. The molecule has 1 aliphatic carbocycles. The third-order valence-corrected chi connectivity index (χ3v) is 5.69. The number of unbranched alkanes of at least 4 members (excludes halogenated alkanes) is 2. The first-order chi connectivity index (χ1) is 11.5. The highest BCUT2D eigenvalue weighted by molar-refractivity contribution is 5.61. The highest BCUT2D eigenvalue weighted by Gasteiger charge is 2.45. The molecule has 3 heteroatoms. The average Bonchev–Trinajstić information content (AvgIpc) is 2.53. The molecule has 1 aliphatic heterocycles. The van der Waals surface area contributed by atoms with Crippen LogP contribution in [0.5, 0.6) is 5.75 Å². The van der Waals surface area contributed by atoms with Gasteiger partial charge in [0.2, 0.25) is 0 Å². The van der Waals surface area contributed by atoms with Crippen LogP contribution in [0.3, 0.4) is 0 Å². The van der Waals surface area contributed by atoms with Crippen molar-refractivity contribution in [3.63, 3.8) is 0 Å². The smallest absolute Gasteiger partial charge is 0.126 e. The van der Waals surface area contributed by atoms with E-state index in [1.807, 2.05) is 6.07 Å². The van der Waals surface area contributed by atoms with Gasteiger partial charge in [-0.15, -0.1) is 4.91 Å². The van der Waals surface area contributed by atoms with Gasteiger partial charge in [-0.2, -0.15) is 0 Å². The molecule has 0 fully saturated rings. The zero-order valence-electron chi connectivity index (χ0n) is 15.4. The van der Waals surface area contributed by atoms with Crippen molar-refractivity contribution in [2.45, 2.75) is 77.7 Å². The molecule has 0 saturated carbocycles. The van der Waals surface area contributed by atoms with E-state index in [1.165, 1.54) is 24.0 Å². The molecule has 0 aromatic heterocycles. The molecule has 1 aromatic carbocycles. The van der Waals surface area contributed by atoms with Gasteiger partial charge in [0.25, 0.3) is 0 Å². The van der Waals surface area contributed by atoms with Crippen LogP contribution < -0.4 is 4.74 Å². The molecule has 0 radical (unpaired) electrons. The molecule has 0 amide bonds. The van der Waals surface area contributed by atoms with E-state index in [0.29, 0.717) is 11.6 Å². The van der Waals surface area contributed by atoms with Crippen LogP contribution >= 0.6 is 0 Å². The Morgan fingerprint density at radius 2 is 2.08 bits per heavy atom. The summed E-state index contributed by atoms with van der Waals surface area (Å²) >= 11 is 0. The molecule has 1 heterocycles. The third kappa shape index (κ3) is 3.13. The topological polar surface area (TPSA) is 38.7 Å². The standard InChI is InChI=1S/C21H29NO2/c1-5-6-7-8-15-12-18(22-23)20-16-11-14(2)9-10-17(16)21(3,4)24-19(20)13-15/h11-13,16-17H,5-10H2,1-4H3/t16-,17-/m1/s1. The van der Waals surface area contributed by atoms with Crippen LogP contribution in [0.25, 0.3) is 0 Å². The van der Waals surface area contributed by atoms with Crippen molar-refractivity contribution in [2.75, 3.05) is 0 Å². The highest BCUT2D eigenvalue weighted by Crippen LogP contribution is 2.53. The maximum atomic E-state index is 11.6.